The monoisotopic (exact) mass is 308 g/mol. The maximum absolute atomic E-state index is 11.7. The van der Waals surface area contributed by atoms with E-state index in [-0.39, 0.29) is 4.90 Å². The Kier molecular flexibility index (Phi) is 4.42. The van der Waals surface area contributed by atoms with Gasteiger partial charge in [-0.25, -0.2) is 8.42 Å². The Labute approximate surface area is 123 Å². The molecule has 4 nitrogen and oxygen atoms in total. The zero-order valence-corrected chi connectivity index (χ0v) is 12.3. The molecule has 0 aromatic heterocycles. The van der Waals surface area contributed by atoms with Crippen molar-refractivity contribution >= 4 is 33.3 Å². The summed E-state index contributed by atoms with van der Waals surface area (Å²) in [5.74, 6) is 0. The first-order valence-electron chi connectivity index (χ1n) is 5.80. The molecule has 0 saturated carbocycles. The summed E-state index contributed by atoms with van der Waals surface area (Å²) in [5, 5.41) is 4.41. The lowest BCUT2D eigenvalue weighted by Gasteiger charge is -2.04. The number of nitrogens with one attached hydrogen (secondary N) is 1. The van der Waals surface area contributed by atoms with E-state index in [1.165, 1.54) is 12.3 Å². The van der Waals surface area contributed by atoms with Gasteiger partial charge in [-0.3, -0.25) is 5.43 Å². The van der Waals surface area contributed by atoms with Gasteiger partial charge in [0.05, 0.1) is 16.8 Å². The molecule has 0 amide bonds. The average Bonchev–Trinajstić information content (AvgIpc) is 2.40. The predicted octanol–water partition coefficient (Wildman–Crippen LogP) is 3.19. The maximum atomic E-state index is 11.7. The topological polar surface area (TPSA) is 58.5 Å². The van der Waals surface area contributed by atoms with Crippen LogP contribution < -0.4 is 5.43 Å². The zero-order chi connectivity index (χ0) is 14.6. The van der Waals surface area contributed by atoms with Gasteiger partial charge in [-0.05, 0) is 24.3 Å². The summed E-state index contributed by atoms with van der Waals surface area (Å²) in [4.78, 5) is 0.156. The predicted molar refractivity (Wildman–Crippen MR) is 82.2 cm³/mol. The van der Waals surface area contributed by atoms with Gasteiger partial charge >= 0.3 is 0 Å². The summed E-state index contributed by atoms with van der Waals surface area (Å²) in [6.07, 6.45) is 2.60. The third-order valence-corrected chi connectivity index (χ3v) is 3.93. The average molecular weight is 309 g/mol. The second kappa shape index (κ2) is 6.07. The highest BCUT2D eigenvalue weighted by Gasteiger charge is 2.12. The Hall–Kier alpha value is -1.85. The Morgan fingerprint density at radius 2 is 1.85 bits per heavy atom. The van der Waals surface area contributed by atoms with E-state index in [0.29, 0.717) is 10.6 Å². The third-order valence-electron chi connectivity index (χ3n) is 2.55. The summed E-state index contributed by atoms with van der Waals surface area (Å²) >= 11 is 5.83. The fourth-order valence-electron chi connectivity index (χ4n) is 1.63. The van der Waals surface area contributed by atoms with Crippen LogP contribution in [0.25, 0.3) is 0 Å². The SMILES string of the molecule is CS(=O)(=O)c1cc(Cl)ccc1C=NNc1ccccc1. The minimum Gasteiger partial charge on any atom is -0.279 e. The molecule has 6 heteroatoms. The molecule has 1 N–H and O–H groups in total. The standard InChI is InChI=1S/C14H13ClN2O2S/c1-20(18,19)14-9-12(15)8-7-11(14)10-16-17-13-5-3-2-4-6-13/h2-10,17H,1H3. The molecule has 0 aliphatic carbocycles. The van der Waals surface area contributed by atoms with Gasteiger partial charge in [0.1, 0.15) is 0 Å². The van der Waals surface area contributed by atoms with Crippen LogP contribution in [0.4, 0.5) is 5.69 Å². The van der Waals surface area contributed by atoms with Crippen molar-refractivity contribution in [3.8, 4) is 0 Å². The second-order valence-electron chi connectivity index (χ2n) is 4.19. The van der Waals surface area contributed by atoms with Crippen LogP contribution in [0.15, 0.2) is 58.5 Å². The summed E-state index contributed by atoms with van der Waals surface area (Å²) in [6.45, 7) is 0. The molecule has 2 aromatic carbocycles. The van der Waals surface area contributed by atoms with Gasteiger partial charge in [-0.1, -0.05) is 35.9 Å². The van der Waals surface area contributed by atoms with Crippen LogP contribution in [-0.2, 0) is 9.84 Å². The Balaban J connectivity index is 2.26. The van der Waals surface area contributed by atoms with E-state index in [2.05, 4.69) is 10.5 Å². The number of rotatable bonds is 4. The quantitative estimate of drug-likeness (QED) is 0.697. The normalized spacial score (nSPS) is 11.7. The summed E-state index contributed by atoms with van der Waals surface area (Å²) in [5.41, 5.74) is 4.13. The van der Waals surface area contributed by atoms with E-state index in [1.807, 2.05) is 30.3 Å². The maximum Gasteiger partial charge on any atom is 0.176 e. The number of nitrogens with zero attached hydrogens (tertiary/aromatic N) is 1. The number of para-hydroxylation sites is 1. The zero-order valence-electron chi connectivity index (χ0n) is 10.7. The molecule has 0 unspecified atom stereocenters. The lowest BCUT2D eigenvalue weighted by molar-refractivity contribution is 0.602. The van der Waals surface area contributed by atoms with Crippen molar-refractivity contribution in [2.75, 3.05) is 11.7 Å². The molecule has 0 aliphatic heterocycles. The van der Waals surface area contributed by atoms with Crippen LogP contribution in [0.1, 0.15) is 5.56 Å². The molecule has 0 fully saturated rings. The van der Waals surface area contributed by atoms with Crippen molar-refractivity contribution in [2.24, 2.45) is 5.10 Å². The van der Waals surface area contributed by atoms with Crippen LogP contribution in [0.2, 0.25) is 5.02 Å². The summed E-state index contributed by atoms with van der Waals surface area (Å²) < 4.78 is 23.4. The highest BCUT2D eigenvalue weighted by Crippen LogP contribution is 2.19. The van der Waals surface area contributed by atoms with Gasteiger partial charge in [0.2, 0.25) is 0 Å². The van der Waals surface area contributed by atoms with E-state index in [0.717, 1.165) is 11.9 Å². The van der Waals surface area contributed by atoms with Gasteiger partial charge in [0, 0.05) is 16.8 Å². The second-order valence-corrected chi connectivity index (χ2v) is 6.61. The molecule has 0 saturated heterocycles. The van der Waals surface area contributed by atoms with E-state index >= 15 is 0 Å². The first kappa shape index (κ1) is 14.6. The molecule has 0 radical (unpaired) electrons. The molecule has 0 atom stereocenters. The first-order chi connectivity index (χ1) is 9.47. The van der Waals surface area contributed by atoms with Crippen LogP contribution in [0, 0.1) is 0 Å². The van der Waals surface area contributed by atoms with Crippen molar-refractivity contribution in [2.45, 2.75) is 4.90 Å². The van der Waals surface area contributed by atoms with Gasteiger partial charge < -0.3 is 0 Å². The summed E-state index contributed by atoms with van der Waals surface area (Å²) in [6, 6.07) is 14.0. The molecule has 2 rings (SSSR count). The van der Waals surface area contributed by atoms with Crippen LogP contribution in [0.5, 0.6) is 0 Å². The number of hydrogen-bond acceptors (Lipinski definition) is 4. The molecule has 2 aromatic rings. The molecule has 20 heavy (non-hydrogen) atoms. The fraction of sp³-hybridized carbons (Fsp3) is 0.0714. The van der Waals surface area contributed by atoms with Crippen molar-refractivity contribution in [3.05, 3.63) is 59.1 Å². The van der Waals surface area contributed by atoms with Crippen molar-refractivity contribution < 1.29 is 8.42 Å². The molecular weight excluding hydrogens is 296 g/mol. The minimum atomic E-state index is -3.35. The van der Waals surface area contributed by atoms with Crippen LogP contribution >= 0.6 is 11.6 Å². The van der Waals surface area contributed by atoms with Crippen molar-refractivity contribution in [1.82, 2.24) is 0 Å². The van der Waals surface area contributed by atoms with E-state index < -0.39 is 9.84 Å². The van der Waals surface area contributed by atoms with Crippen LogP contribution in [0.3, 0.4) is 0 Å². The number of hydrogen-bond donors (Lipinski definition) is 1. The van der Waals surface area contributed by atoms with Crippen molar-refractivity contribution in [3.63, 3.8) is 0 Å². The molecule has 0 aliphatic rings. The fourth-order valence-corrected chi connectivity index (χ4v) is 2.75. The lowest BCUT2D eigenvalue weighted by Crippen LogP contribution is -2.02. The van der Waals surface area contributed by atoms with E-state index in [4.69, 9.17) is 11.6 Å². The molecule has 0 spiro atoms. The number of hydrazone groups is 1. The molecule has 0 heterocycles. The molecule has 104 valence electrons. The molecule has 0 bridgehead atoms. The van der Waals surface area contributed by atoms with Gasteiger partial charge in [0.25, 0.3) is 0 Å². The highest BCUT2D eigenvalue weighted by molar-refractivity contribution is 7.90. The first-order valence-corrected chi connectivity index (χ1v) is 8.07. The van der Waals surface area contributed by atoms with Gasteiger partial charge in [-0.15, -0.1) is 0 Å². The third kappa shape index (κ3) is 3.82. The van der Waals surface area contributed by atoms with E-state index in [1.54, 1.807) is 12.1 Å². The lowest BCUT2D eigenvalue weighted by atomic mass is 10.2. The Bertz CT molecular complexity index is 728. The van der Waals surface area contributed by atoms with Crippen molar-refractivity contribution in [1.29, 1.82) is 0 Å². The Morgan fingerprint density at radius 1 is 1.15 bits per heavy atom. The van der Waals surface area contributed by atoms with Gasteiger partial charge in [-0.2, -0.15) is 5.10 Å². The van der Waals surface area contributed by atoms with Crippen LogP contribution in [-0.4, -0.2) is 20.9 Å². The number of halogens is 1. The Morgan fingerprint density at radius 3 is 2.50 bits per heavy atom. The number of sulfone groups is 1. The van der Waals surface area contributed by atoms with Gasteiger partial charge in [0.15, 0.2) is 9.84 Å². The summed E-state index contributed by atoms with van der Waals surface area (Å²) in [7, 11) is -3.35. The minimum absolute atomic E-state index is 0.156. The highest BCUT2D eigenvalue weighted by atomic mass is 35.5. The smallest absolute Gasteiger partial charge is 0.176 e. The number of anilines is 1. The van der Waals surface area contributed by atoms with E-state index in [9.17, 15) is 8.42 Å². The molecular formula is C14H13ClN2O2S. The largest absolute Gasteiger partial charge is 0.279 e. The number of benzene rings is 2.